The molecule has 0 aromatic rings. The highest BCUT2D eigenvalue weighted by Gasteiger charge is 2.78. The molecule has 0 aromatic carbocycles. The number of aliphatic carboxylic acids is 1. The number of hydrogen-bond donors (Lipinski definition) is 3. The standard InChI is InChI=1S/C32H50O8/c1-25(2)14-15-30(24(35)36)13-10-21-27(5)11-8-20-26(3,4)32(38,40-19-34)31(37,39-18-33)17-29(20,7)22(27)9-12-28(21,6)23(30)16-25/h18-23,37-38H,8-17H2,1-7H3,(H,35,36)/t20-,21-,22-,23+,27-,28+,29-,30+,31-,32+/m0/s1. The van der Waals surface area contributed by atoms with Crippen molar-refractivity contribution < 1.29 is 39.2 Å². The molecule has 3 N–H and O–H groups in total. The third-order valence-corrected chi connectivity index (χ3v) is 14.1. The van der Waals surface area contributed by atoms with Crippen LogP contribution in [-0.4, -0.2) is 45.8 Å². The van der Waals surface area contributed by atoms with Gasteiger partial charge in [-0.1, -0.05) is 48.5 Å². The summed E-state index contributed by atoms with van der Waals surface area (Å²) in [5.74, 6) is -4.97. The van der Waals surface area contributed by atoms with Gasteiger partial charge in [0.25, 0.3) is 24.5 Å². The van der Waals surface area contributed by atoms with Crippen LogP contribution in [0.2, 0.25) is 0 Å². The molecule has 0 amide bonds. The van der Waals surface area contributed by atoms with Gasteiger partial charge in [0, 0.05) is 11.8 Å². The van der Waals surface area contributed by atoms with Crippen LogP contribution in [0.15, 0.2) is 0 Å². The van der Waals surface area contributed by atoms with Crippen LogP contribution in [0.4, 0.5) is 0 Å². The molecule has 40 heavy (non-hydrogen) atoms. The molecule has 0 saturated heterocycles. The van der Waals surface area contributed by atoms with Gasteiger partial charge in [-0.3, -0.25) is 14.4 Å². The number of carboxylic acids is 1. The molecule has 0 aromatic heterocycles. The Hall–Kier alpha value is -1.67. The van der Waals surface area contributed by atoms with Gasteiger partial charge < -0.3 is 24.8 Å². The third kappa shape index (κ3) is 3.47. The number of fused-ring (bicyclic) bond motifs is 7. The molecule has 5 fully saturated rings. The molecule has 226 valence electrons. The van der Waals surface area contributed by atoms with E-state index in [0.29, 0.717) is 12.3 Å². The minimum absolute atomic E-state index is 0.0452. The van der Waals surface area contributed by atoms with Crippen LogP contribution in [-0.2, 0) is 23.9 Å². The Balaban J connectivity index is 1.58. The first-order valence-electron chi connectivity index (χ1n) is 15.2. The van der Waals surface area contributed by atoms with Crippen molar-refractivity contribution in [3.8, 4) is 0 Å². The van der Waals surface area contributed by atoms with E-state index in [-0.39, 0.29) is 53.4 Å². The van der Waals surface area contributed by atoms with Crippen LogP contribution < -0.4 is 0 Å². The first-order chi connectivity index (χ1) is 18.3. The summed E-state index contributed by atoms with van der Waals surface area (Å²) in [5.41, 5.74) is -2.44. The number of carbonyl (C=O) groups excluding carboxylic acids is 2. The molecule has 5 rings (SSSR count). The first-order valence-corrected chi connectivity index (χ1v) is 15.2. The lowest BCUT2D eigenvalue weighted by Crippen LogP contribution is -2.76. The lowest BCUT2D eigenvalue weighted by Gasteiger charge is -2.73. The number of carbonyl (C=O) groups is 3. The van der Waals surface area contributed by atoms with Gasteiger partial charge in [0.05, 0.1) is 5.41 Å². The number of carboxylic acid groups (broad SMARTS) is 1. The first kappa shape index (κ1) is 29.8. The molecule has 10 atom stereocenters. The van der Waals surface area contributed by atoms with Gasteiger partial charge >= 0.3 is 5.97 Å². The fourth-order valence-electron chi connectivity index (χ4n) is 12.3. The second kappa shape index (κ2) is 8.68. The van der Waals surface area contributed by atoms with E-state index < -0.39 is 33.8 Å². The van der Waals surface area contributed by atoms with Crippen molar-refractivity contribution in [2.24, 2.45) is 56.2 Å². The Morgan fingerprint density at radius 3 is 1.80 bits per heavy atom. The molecule has 8 heteroatoms. The Labute approximate surface area is 238 Å². The monoisotopic (exact) mass is 562 g/mol. The second-order valence-electron chi connectivity index (χ2n) is 16.4. The summed E-state index contributed by atoms with van der Waals surface area (Å²) in [6.07, 6.45) is 7.54. The third-order valence-electron chi connectivity index (χ3n) is 14.1. The van der Waals surface area contributed by atoms with E-state index in [4.69, 9.17) is 9.47 Å². The minimum atomic E-state index is -2.40. The van der Waals surface area contributed by atoms with Crippen molar-refractivity contribution in [1.82, 2.24) is 0 Å². The quantitative estimate of drug-likeness (QED) is 0.305. The minimum Gasteiger partial charge on any atom is -0.481 e. The van der Waals surface area contributed by atoms with Gasteiger partial charge in [0.1, 0.15) is 0 Å². The highest BCUT2D eigenvalue weighted by molar-refractivity contribution is 5.75. The molecule has 5 saturated carbocycles. The van der Waals surface area contributed by atoms with Crippen LogP contribution in [0.5, 0.6) is 0 Å². The summed E-state index contributed by atoms with van der Waals surface area (Å²) in [6, 6.07) is 0. The van der Waals surface area contributed by atoms with E-state index in [0.717, 1.165) is 51.4 Å². The highest BCUT2D eigenvalue weighted by atomic mass is 16.7. The van der Waals surface area contributed by atoms with Crippen molar-refractivity contribution in [2.45, 2.75) is 124 Å². The molecule has 0 heterocycles. The van der Waals surface area contributed by atoms with Crippen molar-refractivity contribution in [3.63, 3.8) is 0 Å². The molecule has 0 aliphatic heterocycles. The van der Waals surface area contributed by atoms with E-state index in [1.165, 1.54) is 0 Å². The molecule has 0 bridgehead atoms. The number of rotatable bonds is 5. The maximum Gasteiger partial charge on any atom is 0.309 e. The highest BCUT2D eigenvalue weighted by Crippen LogP contribution is 2.77. The van der Waals surface area contributed by atoms with Crippen LogP contribution in [0.3, 0.4) is 0 Å². The zero-order valence-electron chi connectivity index (χ0n) is 25.4. The average molecular weight is 563 g/mol. The van der Waals surface area contributed by atoms with Gasteiger partial charge in [0.15, 0.2) is 0 Å². The Kier molecular flexibility index (Phi) is 6.47. The van der Waals surface area contributed by atoms with Gasteiger partial charge in [-0.05, 0) is 103 Å². The van der Waals surface area contributed by atoms with Crippen molar-refractivity contribution in [1.29, 1.82) is 0 Å². The van der Waals surface area contributed by atoms with Gasteiger partial charge in [-0.2, -0.15) is 0 Å². The predicted molar refractivity (Wildman–Crippen MR) is 146 cm³/mol. The average Bonchev–Trinajstić information content (AvgIpc) is 2.82. The Morgan fingerprint density at radius 1 is 0.700 bits per heavy atom. The summed E-state index contributed by atoms with van der Waals surface area (Å²) < 4.78 is 10.4. The van der Waals surface area contributed by atoms with Gasteiger partial charge in [-0.15, -0.1) is 0 Å². The van der Waals surface area contributed by atoms with Crippen LogP contribution in [0, 0.1) is 56.2 Å². The summed E-state index contributed by atoms with van der Waals surface area (Å²) in [5, 5.41) is 34.1. The topological polar surface area (TPSA) is 130 Å². The van der Waals surface area contributed by atoms with Gasteiger partial charge in [-0.25, -0.2) is 0 Å². The van der Waals surface area contributed by atoms with Crippen molar-refractivity contribution >= 4 is 18.9 Å². The molecule has 5 aliphatic rings. The second-order valence-corrected chi connectivity index (χ2v) is 16.4. The molecular formula is C32H50O8. The molecular weight excluding hydrogens is 512 g/mol. The summed E-state index contributed by atoms with van der Waals surface area (Å²) in [6.45, 7) is 15.3. The largest absolute Gasteiger partial charge is 0.481 e. The summed E-state index contributed by atoms with van der Waals surface area (Å²) in [4.78, 5) is 36.1. The molecule has 0 radical (unpaired) electrons. The van der Waals surface area contributed by atoms with E-state index in [1.807, 2.05) is 0 Å². The maximum atomic E-state index is 12.9. The lowest BCUT2D eigenvalue weighted by molar-refractivity contribution is -0.438. The predicted octanol–water partition coefficient (Wildman–Crippen LogP) is 5.29. The molecule has 8 nitrogen and oxygen atoms in total. The SMILES string of the molecule is CC1(C)CC[C@]2(C(=O)O)CC[C@H]3[C@]4(C)CC[C@H]5C(C)(C)[C@@](O)(OC=O)[C@@](O)(OC=O)C[C@]5(C)[C@H]4CC[C@@]3(C)[C@H]2C1. The van der Waals surface area contributed by atoms with Crippen LogP contribution >= 0.6 is 0 Å². The molecule has 0 spiro atoms. The lowest BCUT2D eigenvalue weighted by atomic mass is 9.31. The maximum absolute atomic E-state index is 12.9. The molecule has 0 unspecified atom stereocenters. The zero-order valence-corrected chi connectivity index (χ0v) is 25.4. The number of ether oxygens (including phenoxy) is 2. The smallest absolute Gasteiger partial charge is 0.309 e. The molecule has 5 aliphatic carbocycles. The van der Waals surface area contributed by atoms with Crippen LogP contribution in [0.1, 0.15) is 113 Å². The van der Waals surface area contributed by atoms with Gasteiger partial charge in [0.2, 0.25) is 0 Å². The van der Waals surface area contributed by atoms with Crippen molar-refractivity contribution in [2.75, 3.05) is 0 Å². The Bertz CT molecular complexity index is 1090. The van der Waals surface area contributed by atoms with E-state index in [9.17, 15) is 29.7 Å². The van der Waals surface area contributed by atoms with E-state index in [1.54, 1.807) is 13.8 Å². The summed E-state index contributed by atoms with van der Waals surface area (Å²) in [7, 11) is 0. The van der Waals surface area contributed by atoms with E-state index >= 15 is 0 Å². The van der Waals surface area contributed by atoms with E-state index in [2.05, 4.69) is 34.6 Å². The fraction of sp³-hybridized carbons (Fsp3) is 0.906. The Morgan fingerprint density at radius 2 is 1.23 bits per heavy atom. The van der Waals surface area contributed by atoms with Crippen LogP contribution in [0.25, 0.3) is 0 Å². The zero-order chi connectivity index (χ0) is 29.8. The summed E-state index contributed by atoms with van der Waals surface area (Å²) >= 11 is 0. The normalized spacial score (nSPS) is 52.5. The van der Waals surface area contributed by atoms with Crippen molar-refractivity contribution in [3.05, 3.63) is 0 Å². The number of aliphatic hydroxyl groups is 2. The fourth-order valence-corrected chi connectivity index (χ4v) is 12.3. The number of hydrogen-bond acceptors (Lipinski definition) is 7.